The van der Waals surface area contributed by atoms with Gasteiger partial charge in [-0.15, -0.1) is 0 Å². The number of nitrogens with zero attached hydrogens (tertiary/aromatic N) is 2. The van der Waals surface area contributed by atoms with Gasteiger partial charge in [0.1, 0.15) is 17.1 Å². The molecule has 0 saturated heterocycles. The fourth-order valence-corrected chi connectivity index (χ4v) is 10.1. The number of nitrogens with one attached hydrogen (secondary N) is 2. The monoisotopic (exact) mass is 902 g/mol. The van der Waals surface area contributed by atoms with Crippen LogP contribution in [0.3, 0.4) is 0 Å². The van der Waals surface area contributed by atoms with Crippen LogP contribution in [-0.2, 0) is 16.2 Å². The van der Waals surface area contributed by atoms with E-state index in [2.05, 4.69) is 205 Å². The Bertz CT molecular complexity index is 3600. The van der Waals surface area contributed by atoms with Crippen molar-refractivity contribution in [2.24, 2.45) is 0 Å². The number of hydrogen-bond donors (Lipinski definition) is 3. The molecule has 3 aliphatic heterocycles. The molecule has 0 atom stereocenters. The zero-order chi connectivity index (χ0) is 48.0. The van der Waals surface area contributed by atoms with E-state index in [1.165, 1.54) is 0 Å². The molecule has 6 heterocycles. The van der Waals surface area contributed by atoms with Crippen LogP contribution < -0.4 is 4.74 Å². The molecule has 3 N–H and O–H groups in total. The van der Waals surface area contributed by atoms with Crippen molar-refractivity contribution < 1.29 is 14.6 Å². The first-order valence-corrected chi connectivity index (χ1v) is 23.7. The number of carboxylic acids is 1. The molecule has 8 bridgehead atoms. The Balaban J connectivity index is 1.31. The largest absolute Gasteiger partial charge is 0.478 e. The van der Waals surface area contributed by atoms with E-state index in [0.29, 0.717) is 11.5 Å². The highest BCUT2D eigenvalue weighted by atomic mass is 16.5. The van der Waals surface area contributed by atoms with Crippen LogP contribution in [0.2, 0.25) is 0 Å². The average Bonchev–Trinajstić information content (AvgIpc) is 4.18. The van der Waals surface area contributed by atoms with E-state index < -0.39 is 11.4 Å². The molecule has 0 amide bonds. The molecule has 3 aliphatic rings. The Morgan fingerprint density at radius 2 is 0.855 bits per heavy atom. The second kappa shape index (κ2) is 16.1. The molecule has 0 unspecified atom stereocenters. The predicted molar refractivity (Wildman–Crippen MR) is 284 cm³/mol. The number of rotatable bonds is 5. The highest BCUT2D eigenvalue weighted by Gasteiger charge is 2.41. The number of benzene rings is 5. The zero-order valence-electron chi connectivity index (χ0n) is 40.2. The van der Waals surface area contributed by atoms with Crippen LogP contribution in [0.15, 0.2) is 140 Å². The van der Waals surface area contributed by atoms with Gasteiger partial charge in [0.15, 0.2) is 0 Å². The summed E-state index contributed by atoms with van der Waals surface area (Å²) in [5.74, 6) is -0.0607. The van der Waals surface area contributed by atoms with Crippen LogP contribution in [0.1, 0.15) is 111 Å². The number of ether oxygens (including phenoxy) is 1. The van der Waals surface area contributed by atoms with Crippen molar-refractivity contribution in [2.45, 2.75) is 71.6 Å². The van der Waals surface area contributed by atoms with E-state index in [1.807, 2.05) is 18.2 Å². The van der Waals surface area contributed by atoms with Crippen molar-refractivity contribution in [3.05, 3.63) is 190 Å². The van der Waals surface area contributed by atoms with E-state index in [9.17, 15) is 9.90 Å². The maximum Gasteiger partial charge on any atom is 0.339 e. The summed E-state index contributed by atoms with van der Waals surface area (Å²) in [6.45, 7) is 17.4. The summed E-state index contributed by atoms with van der Waals surface area (Å²) in [7, 11) is 0. The van der Waals surface area contributed by atoms with Crippen LogP contribution in [0.5, 0.6) is 11.5 Å². The van der Waals surface area contributed by atoms with Gasteiger partial charge >= 0.3 is 5.97 Å². The smallest absolute Gasteiger partial charge is 0.339 e. The molecule has 0 radical (unpaired) electrons. The molecule has 5 aromatic carbocycles. The molecule has 0 spiro atoms. The lowest BCUT2D eigenvalue weighted by atomic mass is 9.70. The second-order valence-electron chi connectivity index (χ2n) is 20.9. The Labute approximate surface area is 403 Å². The number of carbonyl (C=O) groups is 1. The molecule has 340 valence electrons. The third-order valence-corrected chi connectivity index (χ3v) is 13.9. The van der Waals surface area contributed by atoms with Gasteiger partial charge in [-0.1, -0.05) is 159 Å². The van der Waals surface area contributed by atoms with Gasteiger partial charge in [0.2, 0.25) is 0 Å². The SMILES string of the molecule is CC(C)(C)c1cc(C(=O)O)c2c(c1)C(C)(C)c1cc(C(C)(C)C)cc(-c3c4nc(c(-c5ccccc5)c5ccc([nH]5)c(-c5ccccc5)c5nc(c(-c6ccccc6)c6ccc3[nH]6)C=C5)C=C4)c1O2. The van der Waals surface area contributed by atoms with Crippen molar-refractivity contribution in [2.75, 3.05) is 0 Å². The molecular weight excluding hydrogens is 849 g/mol. The van der Waals surface area contributed by atoms with Crippen LogP contribution in [-0.4, -0.2) is 31.0 Å². The van der Waals surface area contributed by atoms with Gasteiger partial charge in [-0.2, -0.15) is 0 Å². The lowest BCUT2D eigenvalue weighted by Crippen LogP contribution is -2.28. The van der Waals surface area contributed by atoms with E-state index in [-0.39, 0.29) is 16.4 Å². The number of hydrogen-bond acceptors (Lipinski definition) is 4. The van der Waals surface area contributed by atoms with E-state index in [1.54, 1.807) is 6.07 Å². The molecule has 8 aromatic rings. The second-order valence-corrected chi connectivity index (χ2v) is 20.9. The molecule has 7 heteroatoms. The van der Waals surface area contributed by atoms with Crippen LogP contribution in [0.25, 0.3) is 90.9 Å². The normalized spacial score (nSPS) is 13.7. The first kappa shape index (κ1) is 43.5. The molecule has 11 rings (SSSR count). The first-order valence-electron chi connectivity index (χ1n) is 23.7. The minimum Gasteiger partial charge on any atom is -0.478 e. The van der Waals surface area contributed by atoms with Gasteiger partial charge in [0, 0.05) is 66.4 Å². The number of H-pyrrole nitrogens is 2. The quantitative estimate of drug-likeness (QED) is 0.160. The molecule has 3 aromatic heterocycles. The van der Waals surface area contributed by atoms with Gasteiger partial charge in [0.25, 0.3) is 0 Å². The lowest BCUT2D eigenvalue weighted by Gasteiger charge is -2.38. The lowest BCUT2D eigenvalue weighted by molar-refractivity contribution is 0.0693. The van der Waals surface area contributed by atoms with E-state index >= 15 is 0 Å². The predicted octanol–water partition coefficient (Wildman–Crippen LogP) is 16.0. The van der Waals surface area contributed by atoms with Crippen molar-refractivity contribution in [1.29, 1.82) is 0 Å². The molecular formula is C62H54N4O3. The number of fused-ring (bicyclic) bond motifs is 10. The molecule has 69 heavy (non-hydrogen) atoms. The van der Waals surface area contributed by atoms with Gasteiger partial charge in [-0.3, -0.25) is 0 Å². The summed E-state index contributed by atoms with van der Waals surface area (Å²) in [5.41, 5.74) is 17.2. The Morgan fingerprint density at radius 3 is 1.25 bits per heavy atom. The summed E-state index contributed by atoms with van der Waals surface area (Å²) in [5, 5.41) is 10.9. The van der Waals surface area contributed by atoms with E-state index in [0.717, 1.165) is 112 Å². The van der Waals surface area contributed by atoms with Gasteiger partial charge in [0.05, 0.1) is 22.8 Å². The first-order chi connectivity index (χ1) is 33.0. The fraction of sp³-hybridized carbons (Fsp3) is 0.177. The summed E-state index contributed by atoms with van der Waals surface area (Å²) in [6, 6.07) is 48.2. The zero-order valence-corrected chi connectivity index (χ0v) is 40.2. The highest BCUT2D eigenvalue weighted by molar-refractivity contribution is 6.01. The average molecular weight is 903 g/mol. The highest BCUT2D eigenvalue weighted by Crippen LogP contribution is 2.55. The standard InChI is InChI=1S/C62H54N4O3/c1-60(2,3)39-32-41(57-43(34-39)62(7,8)44-35-40(61(4,5)6)33-42(59(67)68)58(44)69-57)56-51-30-28-49(65-51)54(37-20-14-10-15-21-37)47-26-24-45(63-47)53(36-18-12-9-13-19-36)46-25-27-48(64-46)55(38-22-16-11-17-23-38)50-29-31-52(56)66-50/h9-35,63,66H,1-8H3,(H,67,68). The van der Waals surface area contributed by atoms with Crippen molar-refractivity contribution in [1.82, 2.24) is 19.9 Å². The maximum atomic E-state index is 13.3. The van der Waals surface area contributed by atoms with Crippen LogP contribution >= 0.6 is 0 Å². The Hall–Kier alpha value is -8.03. The molecule has 0 saturated carbocycles. The summed E-state index contributed by atoms with van der Waals surface area (Å²) in [6.07, 6.45) is 8.43. The Morgan fingerprint density at radius 1 is 0.493 bits per heavy atom. The number of aromatic carboxylic acids is 1. The van der Waals surface area contributed by atoms with Crippen molar-refractivity contribution in [3.63, 3.8) is 0 Å². The number of carboxylic acid groups (broad SMARTS) is 1. The molecule has 7 nitrogen and oxygen atoms in total. The maximum absolute atomic E-state index is 13.3. The molecule has 0 aliphatic carbocycles. The number of aromatic nitrogens is 4. The third kappa shape index (κ3) is 7.50. The van der Waals surface area contributed by atoms with Crippen LogP contribution in [0.4, 0.5) is 0 Å². The summed E-state index contributed by atoms with van der Waals surface area (Å²) in [4.78, 5) is 32.1. The van der Waals surface area contributed by atoms with Gasteiger partial charge < -0.3 is 19.8 Å². The van der Waals surface area contributed by atoms with E-state index in [4.69, 9.17) is 14.7 Å². The fourth-order valence-electron chi connectivity index (χ4n) is 10.1. The minimum absolute atomic E-state index is 0.143. The number of aromatic amines is 2. The van der Waals surface area contributed by atoms with Crippen molar-refractivity contribution in [3.8, 4) is 56.0 Å². The Kier molecular flexibility index (Phi) is 10.1. The summed E-state index contributed by atoms with van der Waals surface area (Å²) < 4.78 is 7.16. The van der Waals surface area contributed by atoms with Gasteiger partial charge in [-0.25, -0.2) is 14.8 Å². The third-order valence-electron chi connectivity index (χ3n) is 13.9. The topological polar surface area (TPSA) is 104 Å². The minimum atomic E-state index is -1.03. The summed E-state index contributed by atoms with van der Waals surface area (Å²) >= 11 is 0. The van der Waals surface area contributed by atoms with Crippen molar-refractivity contribution >= 4 is 52.3 Å². The van der Waals surface area contributed by atoms with Crippen LogP contribution in [0, 0.1) is 0 Å². The molecule has 0 fully saturated rings. The van der Waals surface area contributed by atoms with Gasteiger partial charge in [-0.05, 0) is 99.3 Å².